The van der Waals surface area contributed by atoms with Crippen LogP contribution in [0.4, 0.5) is 0 Å². The number of para-hydroxylation sites is 2. The van der Waals surface area contributed by atoms with E-state index in [1.54, 1.807) is 12.4 Å². The van der Waals surface area contributed by atoms with Gasteiger partial charge in [0.2, 0.25) is 11.8 Å². The Hall–Kier alpha value is -5.24. The van der Waals surface area contributed by atoms with Crippen LogP contribution in [0.2, 0.25) is 0 Å². The summed E-state index contributed by atoms with van der Waals surface area (Å²) in [4.78, 5) is 24.4. The molecule has 0 heterocycles. The molecule has 4 rings (SSSR count). The fourth-order valence-corrected chi connectivity index (χ4v) is 4.65. The molecule has 8 nitrogen and oxygen atoms in total. The molecule has 0 aromatic heterocycles. The lowest BCUT2D eigenvalue weighted by Gasteiger charge is -2.09. The van der Waals surface area contributed by atoms with Crippen LogP contribution in [0.25, 0.3) is 0 Å². The minimum absolute atomic E-state index is 0.110. The van der Waals surface area contributed by atoms with E-state index in [4.69, 9.17) is 9.47 Å². The van der Waals surface area contributed by atoms with E-state index in [9.17, 15) is 9.59 Å². The molecule has 4 aromatic carbocycles. The van der Waals surface area contributed by atoms with Crippen molar-refractivity contribution in [1.82, 2.24) is 10.9 Å². The fourth-order valence-electron chi connectivity index (χ4n) is 4.65. The molecule has 0 aliphatic carbocycles. The molecule has 0 bridgehead atoms. The van der Waals surface area contributed by atoms with Gasteiger partial charge in [-0.3, -0.25) is 9.59 Å². The number of benzene rings is 4. The van der Waals surface area contributed by atoms with Gasteiger partial charge in [-0.15, -0.1) is 0 Å². The zero-order valence-electron chi connectivity index (χ0n) is 26.1. The van der Waals surface area contributed by atoms with Gasteiger partial charge in [0.25, 0.3) is 0 Å². The lowest BCUT2D eigenvalue weighted by molar-refractivity contribution is -0.122. The van der Waals surface area contributed by atoms with Crippen molar-refractivity contribution in [3.05, 3.63) is 131 Å². The van der Waals surface area contributed by atoms with Crippen LogP contribution >= 0.6 is 0 Å². The number of carbonyl (C=O) groups excluding carboxylic acids is 2. The van der Waals surface area contributed by atoms with E-state index in [0.29, 0.717) is 37.6 Å². The summed E-state index contributed by atoms with van der Waals surface area (Å²) in [5.74, 6) is 1.20. The maximum atomic E-state index is 12.2. The monoisotopic (exact) mass is 618 g/mol. The van der Waals surface area contributed by atoms with Gasteiger partial charge in [0.15, 0.2) is 0 Å². The smallest absolute Gasteiger partial charge is 0.240 e. The first kappa shape index (κ1) is 33.6. The Bertz CT molecular complexity index is 1420. The molecule has 0 atom stereocenters. The van der Waals surface area contributed by atoms with Crippen LogP contribution in [0.1, 0.15) is 73.6 Å². The molecule has 0 unspecified atom stereocenters. The van der Waals surface area contributed by atoms with E-state index in [2.05, 4.69) is 21.1 Å². The van der Waals surface area contributed by atoms with Gasteiger partial charge in [0, 0.05) is 24.0 Å². The summed E-state index contributed by atoms with van der Waals surface area (Å²) in [6.07, 6.45) is 9.60. The molecular formula is C38H42N4O4. The van der Waals surface area contributed by atoms with Gasteiger partial charge in [-0.05, 0) is 48.2 Å². The van der Waals surface area contributed by atoms with Gasteiger partial charge >= 0.3 is 0 Å². The molecule has 0 saturated heterocycles. The Morgan fingerprint density at radius 2 is 0.870 bits per heavy atom. The third-order valence-corrected chi connectivity index (χ3v) is 7.16. The van der Waals surface area contributed by atoms with E-state index < -0.39 is 0 Å². The maximum absolute atomic E-state index is 12.2. The third-order valence-electron chi connectivity index (χ3n) is 7.16. The van der Waals surface area contributed by atoms with Crippen LogP contribution in [0.5, 0.6) is 11.5 Å². The zero-order chi connectivity index (χ0) is 32.1. The van der Waals surface area contributed by atoms with Crippen LogP contribution in [-0.4, -0.2) is 24.2 Å². The van der Waals surface area contributed by atoms with Crippen molar-refractivity contribution in [2.24, 2.45) is 10.2 Å². The van der Waals surface area contributed by atoms with Crippen molar-refractivity contribution >= 4 is 24.2 Å². The average molecular weight is 619 g/mol. The number of hydrogen-bond acceptors (Lipinski definition) is 6. The second-order valence-electron chi connectivity index (χ2n) is 10.8. The Morgan fingerprint density at radius 3 is 1.30 bits per heavy atom. The van der Waals surface area contributed by atoms with Crippen LogP contribution in [0.15, 0.2) is 119 Å². The second kappa shape index (κ2) is 19.9. The number of carbonyl (C=O) groups is 2. The fraction of sp³-hybridized carbons (Fsp3) is 0.263. The molecule has 0 aliphatic rings. The SMILES string of the molecule is O=C(CCCCCCCCC(=O)N/N=C/c1ccccc1OCc1ccccc1)N/N=C/c1ccccc1OCc1ccccc1. The summed E-state index contributed by atoms with van der Waals surface area (Å²) < 4.78 is 11.9. The number of hydrazone groups is 2. The first-order valence-corrected chi connectivity index (χ1v) is 15.8. The largest absolute Gasteiger partial charge is 0.488 e. The zero-order valence-corrected chi connectivity index (χ0v) is 26.1. The highest BCUT2D eigenvalue weighted by atomic mass is 16.5. The van der Waals surface area contributed by atoms with Crippen LogP contribution in [-0.2, 0) is 22.8 Å². The number of nitrogens with one attached hydrogen (secondary N) is 2. The summed E-state index contributed by atoms with van der Waals surface area (Å²) >= 11 is 0. The minimum Gasteiger partial charge on any atom is -0.488 e. The van der Waals surface area contributed by atoms with E-state index >= 15 is 0 Å². The standard InChI is InChI=1S/C38H42N4O4/c43-37(41-39-27-33-21-13-15-23-35(33)45-29-31-17-7-5-8-18-31)25-11-3-1-2-4-12-26-38(44)42-40-28-34-22-14-16-24-36(34)46-30-32-19-9-6-10-20-32/h5-10,13-24,27-28H,1-4,11-12,25-26,29-30H2,(H,41,43)(H,42,44)/b39-27+,40-28+. The number of amides is 2. The summed E-state index contributed by atoms with van der Waals surface area (Å²) in [7, 11) is 0. The van der Waals surface area contributed by atoms with E-state index in [1.807, 2.05) is 109 Å². The number of rotatable bonds is 19. The van der Waals surface area contributed by atoms with E-state index in [-0.39, 0.29) is 11.8 Å². The van der Waals surface area contributed by atoms with Gasteiger partial charge in [-0.1, -0.05) is 111 Å². The van der Waals surface area contributed by atoms with Gasteiger partial charge in [0.1, 0.15) is 24.7 Å². The Kier molecular flexibility index (Phi) is 14.6. The highest BCUT2D eigenvalue weighted by Gasteiger charge is 2.05. The van der Waals surface area contributed by atoms with Crippen LogP contribution < -0.4 is 20.3 Å². The average Bonchev–Trinajstić information content (AvgIpc) is 3.09. The molecule has 0 radical (unpaired) electrons. The van der Waals surface area contributed by atoms with Gasteiger partial charge in [-0.25, -0.2) is 10.9 Å². The van der Waals surface area contributed by atoms with E-state index in [1.165, 1.54) is 0 Å². The van der Waals surface area contributed by atoms with Gasteiger partial charge < -0.3 is 9.47 Å². The molecule has 0 aliphatic heterocycles. The lowest BCUT2D eigenvalue weighted by Crippen LogP contribution is -2.17. The molecular weight excluding hydrogens is 576 g/mol. The third kappa shape index (κ3) is 12.8. The lowest BCUT2D eigenvalue weighted by atomic mass is 10.1. The van der Waals surface area contributed by atoms with Crippen molar-refractivity contribution in [3.8, 4) is 11.5 Å². The molecule has 0 fully saturated rings. The number of hydrogen-bond donors (Lipinski definition) is 2. The molecule has 46 heavy (non-hydrogen) atoms. The quantitative estimate of drug-likeness (QED) is 0.0643. The van der Waals surface area contributed by atoms with Crippen molar-refractivity contribution in [1.29, 1.82) is 0 Å². The maximum Gasteiger partial charge on any atom is 0.240 e. The molecule has 4 aromatic rings. The Morgan fingerprint density at radius 1 is 0.500 bits per heavy atom. The topological polar surface area (TPSA) is 101 Å². The number of ether oxygens (including phenoxy) is 2. The predicted octanol–water partition coefficient (Wildman–Crippen LogP) is 7.57. The van der Waals surface area contributed by atoms with Crippen molar-refractivity contribution < 1.29 is 19.1 Å². The minimum atomic E-state index is -0.110. The highest BCUT2D eigenvalue weighted by Crippen LogP contribution is 2.19. The molecule has 8 heteroatoms. The highest BCUT2D eigenvalue weighted by molar-refractivity contribution is 5.86. The number of nitrogens with zero attached hydrogens (tertiary/aromatic N) is 2. The first-order chi connectivity index (χ1) is 22.7. The van der Waals surface area contributed by atoms with E-state index in [0.717, 1.165) is 60.8 Å². The summed E-state index contributed by atoms with van der Waals surface area (Å²) in [6, 6.07) is 35.1. The van der Waals surface area contributed by atoms with Gasteiger partial charge in [0.05, 0.1) is 12.4 Å². The van der Waals surface area contributed by atoms with Crippen molar-refractivity contribution in [3.63, 3.8) is 0 Å². The summed E-state index contributed by atoms with van der Waals surface area (Å²) in [5, 5.41) is 8.23. The molecule has 2 amide bonds. The second-order valence-corrected chi connectivity index (χ2v) is 10.8. The van der Waals surface area contributed by atoms with Crippen LogP contribution in [0.3, 0.4) is 0 Å². The first-order valence-electron chi connectivity index (χ1n) is 15.8. The van der Waals surface area contributed by atoms with Crippen molar-refractivity contribution in [2.75, 3.05) is 0 Å². The Labute approximate surface area is 271 Å². The summed E-state index contributed by atoms with van der Waals surface area (Å²) in [6.45, 7) is 0.920. The predicted molar refractivity (Wildman–Crippen MR) is 183 cm³/mol. The normalized spacial score (nSPS) is 11.0. The molecule has 238 valence electrons. The molecule has 2 N–H and O–H groups in total. The van der Waals surface area contributed by atoms with Gasteiger partial charge in [-0.2, -0.15) is 10.2 Å². The molecule has 0 saturated carbocycles. The molecule has 0 spiro atoms. The van der Waals surface area contributed by atoms with Crippen molar-refractivity contribution in [2.45, 2.75) is 64.6 Å². The Balaban J connectivity index is 1.03. The number of unbranched alkanes of at least 4 members (excludes halogenated alkanes) is 5. The van der Waals surface area contributed by atoms with Crippen LogP contribution in [0, 0.1) is 0 Å². The summed E-state index contributed by atoms with van der Waals surface area (Å²) in [5.41, 5.74) is 8.98.